The lowest BCUT2D eigenvalue weighted by atomic mass is 10.1. The minimum absolute atomic E-state index is 0.00681. The zero-order chi connectivity index (χ0) is 15.6. The van der Waals surface area contributed by atoms with Gasteiger partial charge in [0, 0.05) is 23.3 Å². The van der Waals surface area contributed by atoms with Crippen LogP contribution in [0.2, 0.25) is 0 Å². The number of anilines is 1. The second-order valence-electron chi connectivity index (χ2n) is 4.63. The molecule has 1 aromatic heterocycles. The first-order valence-corrected chi connectivity index (χ1v) is 8.72. The number of aryl methyl sites for hydroxylation is 1. The van der Waals surface area contributed by atoms with Gasteiger partial charge in [0.05, 0.1) is 0 Å². The lowest BCUT2D eigenvalue weighted by Gasteiger charge is -2.14. The topological polar surface area (TPSA) is 90.0 Å². The van der Waals surface area contributed by atoms with Crippen LogP contribution in [0.15, 0.2) is 39.8 Å². The molecule has 1 aromatic carbocycles. The Bertz CT molecular complexity index is 725. The smallest absolute Gasteiger partial charge is 0.246 e. The first kappa shape index (κ1) is 16.0. The highest BCUT2D eigenvalue weighted by Gasteiger charge is 2.23. The van der Waals surface area contributed by atoms with Crippen LogP contribution in [0, 0.1) is 0 Å². The van der Waals surface area contributed by atoms with Gasteiger partial charge in [0.2, 0.25) is 10.0 Å². The third-order valence-corrected chi connectivity index (χ3v) is 5.16. The molecule has 3 N–H and O–H groups in total. The minimum atomic E-state index is -3.71. The van der Waals surface area contributed by atoms with Gasteiger partial charge in [-0.05, 0) is 31.5 Å². The van der Waals surface area contributed by atoms with E-state index in [-0.39, 0.29) is 16.8 Å². The minimum Gasteiger partial charge on any atom is -0.381 e. The van der Waals surface area contributed by atoms with Crippen LogP contribution >= 0.6 is 15.9 Å². The average Bonchev–Trinajstić information content (AvgIpc) is 2.81. The largest absolute Gasteiger partial charge is 0.381 e. The van der Waals surface area contributed by atoms with Crippen LogP contribution in [-0.4, -0.2) is 18.2 Å². The first-order chi connectivity index (χ1) is 9.83. The summed E-state index contributed by atoms with van der Waals surface area (Å²) >= 11 is 3.35. The number of halogens is 1. The highest BCUT2D eigenvalue weighted by molar-refractivity contribution is 9.10. The normalized spacial score (nSPS) is 13.3. The van der Waals surface area contributed by atoms with Crippen molar-refractivity contribution in [2.24, 2.45) is 0 Å². The van der Waals surface area contributed by atoms with Gasteiger partial charge in [0.15, 0.2) is 5.82 Å². The number of sulfonamides is 1. The molecule has 0 bridgehead atoms. The predicted molar refractivity (Wildman–Crippen MR) is 85.2 cm³/mol. The molecule has 2 aromatic rings. The molecule has 1 unspecified atom stereocenters. The summed E-state index contributed by atoms with van der Waals surface area (Å²) in [6, 6.07) is 7.08. The van der Waals surface area contributed by atoms with E-state index in [0.29, 0.717) is 6.54 Å². The summed E-state index contributed by atoms with van der Waals surface area (Å²) < 4.78 is 29.8. The number of nitrogens with two attached hydrogens (primary N) is 1. The molecule has 0 aliphatic carbocycles. The molecular weight excluding hydrogens is 356 g/mol. The summed E-state index contributed by atoms with van der Waals surface area (Å²) in [7, 11) is -3.71. The zero-order valence-corrected chi connectivity index (χ0v) is 14.1. The second-order valence-corrected chi connectivity index (χ2v) is 7.23. The Morgan fingerprint density at radius 1 is 1.38 bits per heavy atom. The maximum absolute atomic E-state index is 12.4. The molecule has 21 heavy (non-hydrogen) atoms. The van der Waals surface area contributed by atoms with Crippen molar-refractivity contribution >= 4 is 31.8 Å². The lowest BCUT2D eigenvalue weighted by Crippen LogP contribution is -2.27. The Morgan fingerprint density at radius 3 is 2.52 bits per heavy atom. The predicted octanol–water partition coefficient (Wildman–Crippen LogP) is 2.29. The van der Waals surface area contributed by atoms with Crippen LogP contribution < -0.4 is 10.5 Å². The van der Waals surface area contributed by atoms with Gasteiger partial charge in [-0.2, -0.15) is 5.10 Å². The van der Waals surface area contributed by atoms with E-state index in [9.17, 15) is 8.42 Å². The highest BCUT2D eigenvalue weighted by atomic mass is 79.9. The molecule has 2 rings (SSSR count). The molecule has 0 amide bonds. The fourth-order valence-corrected chi connectivity index (χ4v) is 3.47. The highest BCUT2D eigenvalue weighted by Crippen LogP contribution is 2.21. The summed E-state index contributed by atoms with van der Waals surface area (Å²) in [5.41, 5.74) is 6.54. The SMILES string of the molecule is CCn1cc(S(=O)(=O)NC(C)c2ccc(Br)cc2)c(N)n1. The van der Waals surface area contributed by atoms with Crippen LogP contribution in [0.3, 0.4) is 0 Å². The summed E-state index contributed by atoms with van der Waals surface area (Å²) in [4.78, 5) is 0.00770. The van der Waals surface area contributed by atoms with Crippen LogP contribution in [-0.2, 0) is 16.6 Å². The second kappa shape index (κ2) is 6.17. The van der Waals surface area contributed by atoms with E-state index in [0.717, 1.165) is 10.0 Å². The van der Waals surface area contributed by atoms with E-state index in [4.69, 9.17) is 5.73 Å². The number of rotatable bonds is 5. The number of aromatic nitrogens is 2. The van der Waals surface area contributed by atoms with Gasteiger partial charge >= 0.3 is 0 Å². The van der Waals surface area contributed by atoms with E-state index in [1.54, 1.807) is 6.92 Å². The van der Waals surface area contributed by atoms with Gasteiger partial charge in [0.25, 0.3) is 0 Å². The Labute approximate surface area is 132 Å². The van der Waals surface area contributed by atoms with Crippen molar-refractivity contribution in [2.75, 3.05) is 5.73 Å². The van der Waals surface area contributed by atoms with Crippen molar-refractivity contribution < 1.29 is 8.42 Å². The fraction of sp³-hybridized carbons (Fsp3) is 0.308. The van der Waals surface area contributed by atoms with Crippen LogP contribution in [0.4, 0.5) is 5.82 Å². The van der Waals surface area contributed by atoms with Gasteiger partial charge in [0.1, 0.15) is 4.90 Å². The Kier molecular flexibility index (Phi) is 4.70. The number of benzene rings is 1. The zero-order valence-electron chi connectivity index (χ0n) is 11.7. The van der Waals surface area contributed by atoms with Crippen molar-refractivity contribution in [3.8, 4) is 0 Å². The quantitative estimate of drug-likeness (QED) is 0.842. The number of nitrogens with zero attached hydrogens (tertiary/aromatic N) is 2. The third-order valence-electron chi connectivity index (χ3n) is 3.07. The van der Waals surface area contributed by atoms with E-state index in [1.165, 1.54) is 10.9 Å². The molecule has 0 aliphatic rings. The molecule has 1 heterocycles. The molecular formula is C13H17BrN4O2S. The van der Waals surface area contributed by atoms with Crippen molar-refractivity contribution in [2.45, 2.75) is 31.3 Å². The number of nitrogen functional groups attached to an aromatic ring is 1. The van der Waals surface area contributed by atoms with Crippen molar-refractivity contribution in [1.82, 2.24) is 14.5 Å². The fourth-order valence-electron chi connectivity index (χ4n) is 1.90. The Morgan fingerprint density at radius 2 is 2.00 bits per heavy atom. The van der Waals surface area contributed by atoms with Crippen LogP contribution in [0.1, 0.15) is 25.5 Å². The van der Waals surface area contributed by atoms with Gasteiger partial charge in [-0.1, -0.05) is 28.1 Å². The van der Waals surface area contributed by atoms with Crippen LogP contribution in [0.25, 0.3) is 0 Å². The number of hydrogen-bond donors (Lipinski definition) is 2. The van der Waals surface area contributed by atoms with Crippen molar-refractivity contribution in [3.05, 3.63) is 40.5 Å². The molecule has 0 fully saturated rings. The third kappa shape index (κ3) is 3.63. The van der Waals surface area contributed by atoms with E-state index < -0.39 is 10.0 Å². The molecule has 0 saturated heterocycles. The lowest BCUT2D eigenvalue weighted by molar-refractivity contribution is 0.566. The van der Waals surface area contributed by atoms with E-state index in [1.807, 2.05) is 31.2 Å². The molecule has 0 aliphatic heterocycles. The summed E-state index contributed by atoms with van der Waals surface area (Å²) in [5.74, 6) is 0.00681. The van der Waals surface area contributed by atoms with Gasteiger partial charge < -0.3 is 5.73 Å². The van der Waals surface area contributed by atoms with Crippen LogP contribution in [0.5, 0.6) is 0 Å². The Hall–Kier alpha value is -1.38. The molecule has 0 radical (unpaired) electrons. The summed E-state index contributed by atoms with van der Waals surface area (Å²) in [6.45, 7) is 4.20. The summed E-state index contributed by atoms with van der Waals surface area (Å²) in [5, 5.41) is 3.96. The standard InChI is InChI=1S/C13H17BrN4O2S/c1-3-18-8-12(13(15)16-18)21(19,20)17-9(2)10-4-6-11(14)7-5-10/h4-9,17H,3H2,1-2H3,(H2,15,16). The monoisotopic (exact) mass is 372 g/mol. The van der Waals surface area contributed by atoms with Gasteiger partial charge in [-0.3, -0.25) is 4.68 Å². The van der Waals surface area contributed by atoms with Gasteiger partial charge in [-0.15, -0.1) is 0 Å². The first-order valence-electron chi connectivity index (χ1n) is 6.44. The molecule has 1 atom stereocenters. The van der Waals surface area contributed by atoms with E-state index >= 15 is 0 Å². The van der Waals surface area contributed by atoms with E-state index in [2.05, 4.69) is 25.8 Å². The average molecular weight is 373 g/mol. The number of hydrogen-bond acceptors (Lipinski definition) is 4. The maximum Gasteiger partial charge on any atom is 0.246 e. The van der Waals surface area contributed by atoms with Gasteiger partial charge in [-0.25, -0.2) is 13.1 Å². The number of nitrogens with one attached hydrogen (secondary N) is 1. The molecule has 0 spiro atoms. The maximum atomic E-state index is 12.4. The molecule has 114 valence electrons. The molecule has 6 nitrogen and oxygen atoms in total. The molecule has 8 heteroatoms. The van der Waals surface area contributed by atoms with Crippen molar-refractivity contribution in [1.29, 1.82) is 0 Å². The summed E-state index contributed by atoms with van der Waals surface area (Å²) in [6.07, 6.45) is 1.44. The Balaban J connectivity index is 2.24. The molecule has 0 saturated carbocycles. The van der Waals surface area contributed by atoms with Crippen molar-refractivity contribution in [3.63, 3.8) is 0 Å².